The van der Waals surface area contributed by atoms with E-state index in [2.05, 4.69) is 26.1 Å². The third-order valence-electron chi connectivity index (χ3n) is 4.56. The second-order valence-corrected chi connectivity index (χ2v) is 6.07. The SMILES string of the molecule is CCNC1CC(OCc2ccc(Cl)cc2)C1(C)CC. The van der Waals surface area contributed by atoms with Gasteiger partial charge in [-0.05, 0) is 37.1 Å². The molecule has 2 nitrogen and oxygen atoms in total. The summed E-state index contributed by atoms with van der Waals surface area (Å²) in [5.74, 6) is 0. The van der Waals surface area contributed by atoms with Gasteiger partial charge in [0.2, 0.25) is 0 Å². The van der Waals surface area contributed by atoms with Crippen LogP contribution < -0.4 is 5.32 Å². The van der Waals surface area contributed by atoms with Gasteiger partial charge >= 0.3 is 0 Å². The van der Waals surface area contributed by atoms with Gasteiger partial charge in [0.15, 0.2) is 0 Å². The summed E-state index contributed by atoms with van der Waals surface area (Å²) in [4.78, 5) is 0. The van der Waals surface area contributed by atoms with Crippen LogP contribution in [0.5, 0.6) is 0 Å². The van der Waals surface area contributed by atoms with Crippen LogP contribution in [0.3, 0.4) is 0 Å². The van der Waals surface area contributed by atoms with Crippen LogP contribution >= 0.6 is 11.6 Å². The van der Waals surface area contributed by atoms with Gasteiger partial charge in [-0.1, -0.05) is 44.5 Å². The van der Waals surface area contributed by atoms with Crippen molar-refractivity contribution < 1.29 is 4.74 Å². The lowest BCUT2D eigenvalue weighted by molar-refractivity contribution is -0.135. The minimum absolute atomic E-state index is 0.266. The number of nitrogens with one attached hydrogen (secondary N) is 1. The zero-order valence-corrected chi connectivity index (χ0v) is 12.8. The van der Waals surface area contributed by atoms with Gasteiger partial charge in [0.1, 0.15) is 0 Å². The molecule has 1 aliphatic rings. The molecule has 0 aromatic heterocycles. The molecule has 1 N–H and O–H groups in total. The zero-order chi connectivity index (χ0) is 13.9. The molecule has 1 aromatic carbocycles. The highest BCUT2D eigenvalue weighted by atomic mass is 35.5. The Kier molecular flexibility index (Phi) is 4.88. The molecule has 0 saturated heterocycles. The Balaban J connectivity index is 1.88. The molecule has 3 unspecified atom stereocenters. The molecule has 0 bridgehead atoms. The number of halogens is 1. The molecule has 1 fully saturated rings. The first kappa shape index (κ1) is 14.8. The molecule has 0 aliphatic heterocycles. The minimum Gasteiger partial charge on any atom is -0.373 e. The lowest BCUT2D eigenvalue weighted by Crippen LogP contribution is -2.62. The highest BCUT2D eigenvalue weighted by Crippen LogP contribution is 2.46. The first-order valence-corrected chi connectivity index (χ1v) is 7.57. The summed E-state index contributed by atoms with van der Waals surface area (Å²) in [5.41, 5.74) is 1.46. The molecule has 106 valence electrons. The van der Waals surface area contributed by atoms with Crippen LogP contribution in [0.1, 0.15) is 39.2 Å². The van der Waals surface area contributed by atoms with Crippen molar-refractivity contribution in [1.82, 2.24) is 5.32 Å². The Hall–Kier alpha value is -0.570. The molecule has 19 heavy (non-hydrogen) atoms. The molecule has 0 amide bonds. The maximum Gasteiger partial charge on any atom is 0.0720 e. The van der Waals surface area contributed by atoms with Crippen molar-refractivity contribution >= 4 is 11.6 Å². The Morgan fingerprint density at radius 1 is 1.32 bits per heavy atom. The molecule has 1 saturated carbocycles. The summed E-state index contributed by atoms with van der Waals surface area (Å²) in [6, 6.07) is 8.50. The second kappa shape index (κ2) is 6.25. The van der Waals surface area contributed by atoms with Crippen molar-refractivity contribution in [3.63, 3.8) is 0 Å². The Morgan fingerprint density at radius 2 is 2.00 bits per heavy atom. The van der Waals surface area contributed by atoms with Gasteiger partial charge in [0.25, 0.3) is 0 Å². The van der Waals surface area contributed by atoms with Gasteiger partial charge in [-0.3, -0.25) is 0 Å². The highest BCUT2D eigenvalue weighted by molar-refractivity contribution is 6.30. The highest BCUT2D eigenvalue weighted by Gasteiger charge is 2.50. The number of hydrogen-bond acceptors (Lipinski definition) is 2. The largest absolute Gasteiger partial charge is 0.373 e. The van der Waals surface area contributed by atoms with E-state index < -0.39 is 0 Å². The van der Waals surface area contributed by atoms with Crippen LogP contribution in [0.15, 0.2) is 24.3 Å². The number of ether oxygens (including phenoxy) is 1. The fourth-order valence-corrected chi connectivity index (χ4v) is 3.02. The summed E-state index contributed by atoms with van der Waals surface area (Å²) >= 11 is 5.89. The van der Waals surface area contributed by atoms with Crippen molar-refractivity contribution in [3.05, 3.63) is 34.9 Å². The molecule has 3 heteroatoms. The average molecular weight is 282 g/mol. The fraction of sp³-hybridized carbons (Fsp3) is 0.625. The maximum absolute atomic E-state index is 6.10. The minimum atomic E-state index is 0.266. The van der Waals surface area contributed by atoms with Gasteiger partial charge in [0.05, 0.1) is 12.7 Å². The van der Waals surface area contributed by atoms with Crippen LogP contribution in [0, 0.1) is 5.41 Å². The van der Waals surface area contributed by atoms with Gasteiger partial charge in [0, 0.05) is 16.5 Å². The Bertz CT molecular complexity index is 406. The van der Waals surface area contributed by atoms with Crippen LogP contribution in [0.25, 0.3) is 0 Å². The molecule has 0 spiro atoms. The molecular weight excluding hydrogens is 258 g/mol. The normalized spacial score (nSPS) is 30.1. The molecule has 2 rings (SSSR count). The van der Waals surface area contributed by atoms with Gasteiger partial charge in [-0.2, -0.15) is 0 Å². The van der Waals surface area contributed by atoms with E-state index >= 15 is 0 Å². The second-order valence-electron chi connectivity index (χ2n) is 5.63. The summed E-state index contributed by atoms with van der Waals surface area (Å²) in [6.45, 7) is 8.46. The van der Waals surface area contributed by atoms with E-state index in [1.54, 1.807) is 0 Å². The summed E-state index contributed by atoms with van der Waals surface area (Å²) in [6.07, 6.45) is 2.62. The molecule has 0 heterocycles. The van der Waals surface area contributed by atoms with Crippen molar-refractivity contribution in [2.75, 3.05) is 6.54 Å². The maximum atomic E-state index is 6.10. The fourth-order valence-electron chi connectivity index (χ4n) is 2.89. The summed E-state index contributed by atoms with van der Waals surface area (Å²) in [5, 5.41) is 4.34. The first-order chi connectivity index (χ1) is 9.10. The lowest BCUT2D eigenvalue weighted by atomic mass is 9.61. The Labute approximate surface area is 121 Å². The average Bonchev–Trinajstić information content (AvgIpc) is 2.43. The monoisotopic (exact) mass is 281 g/mol. The van der Waals surface area contributed by atoms with Crippen molar-refractivity contribution in [3.8, 4) is 0 Å². The van der Waals surface area contributed by atoms with E-state index in [4.69, 9.17) is 16.3 Å². The van der Waals surface area contributed by atoms with Gasteiger partial charge < -0.3 is 10.1 Å². The first-order valence-electron chi connectivity index (χ1n) is 7.19. The number of rotatable bonds is 6. The Morgan fingerprint density at radius 3 is 2.58 bits per heavy atom. The van der Waals surface area contributed by atoms with Crippen LogP contribution in [-0.4, -0.2) is 18.7 Å². The lowest BCUT2D eigenvalue weighted by Gasteiger charge is -2.53. The standard InChI is InChI=1S/C16H24ClNO/c1-4-16(3)14(18-5-2)10-15(16)19-11-12-6-8-13(17)9-7-12/h6-9,14-15,18H,4-5,10-11H2,1-3H3. The molecular formula is C16H24ClNO. The van der Waals surface area contributed by atoms with E-state index in [-0.39, 0.29) is 5.41 Å². The molecule has 3 atom stereocenters. The summed E-state index contributed by atoms with van der Waals surface area (Å²) < 4.78 is 6.10. The third kappa shape index (κ3) is 3.13. The predicted octanol–water partition coefficient (Wildman–Crippen LogP) is 4.02. The van der Waals surface area contributed by atoms with Crippen molar-refractivity contribution in [1.29, 1.82) is 0 Å². The quantitative estimate of drug-likeness (QED) is 0.850. The van der Waals surface area contributed by atoms with E-state index in [1.165, 1.54) is 5.56 Å². The molecule has 1 aromatic rings. The van der Waals surface area contributed by atoms with E-state index in [0.29, 0.717) is 18.8 Å². The van der Waals surface area contributed by atoms with Crippen LogP contribution in [0.4, 0.5) is 0 Å². The molecule has 1 aliphatic carbocycles. The van der Waals surface area contributed by atoms with Crippen LogP contribution in [-0.2, 0) is 11.3 Å². The smallest absolute Gasteiger partial charge is 0.0720 e. The zero-order valence-electron chi connectivity index (χ0n) is 12.1. The van der Waals surface area contributed by atoms with Gasteiger partial charge in [-0.25, -0.2) is 0 Å². The summed E-state index contributed by atoms with van der Waals surface area (Å²) in [7, 11) is 0. The van der Waals surface area contributed by atoms with E-state index in [1.807, 2.05) is 24.3 Å². The number of hydrogen-bond donors (Lipinski definition) is 1. The van der Waals surface area contributed by atoms with Crippen molar-refractivity contribution in [2.24, 2.45) is 5.41 Å². The van der Waals surface area contributed by atoms with E-state index in [9.17, 15) is 0 Å². The van der Waals surface area contributed by atoms with Gasteiger partial charge in [-0.15, -0.1) is 0 Å². The van der Waals surface area contributed by atoms with E-state index in [0.717, 1.165) is 24.4 Å². The molecule has 0 radical (unpaired) electrons. The topological polar surface area (TPSA) is 21.3 Å². The van der Waals surface area contributed by atoms with Crippen molar-refractivity contribution in [2.45, 2.75) is 52.4 Å². The van der Waals surface area contributed by atoms with Crippen LogP contribution in [0.2, 0.25) is 5.02 Å². The third-order valence-corrected chi connectivity index (χ3v) is 4.81. The number of benzene rings is 1. The predicted molar refractivity (Wildman–Crippen MR) is 80.5 cm³/mol.